The Balaban J connectivity index is 1.90. The van der Waals surface area contributed by atoms with Crippen LogP contribution < -0.4 is 4.74 Å². The van der Waals surface area contributed by atoms with E-state index in [9.17, 15) is 17.6 Å². The summed E-state index contributed by atoms with van der Waals surface area (Å²) in [6, 6.07) is 2.45. The summed E-state index contributed by atoms with van der Waals surface area (Å²) in [6.45, 7) is 3.90. The molecule has 0 aliphatic heterocycles. The highest BCUT2D eigenvalue weighted by Crippen LogP contribution is 2.41. The van der Waals surface area contributed by atoms with E-state index in [2.05, 4.69) is 6.92 Å². The molecule has 0 spiro atoms. The summed E-state index contributed by atoms with van der Waals surface area (Å²) in [7, 11) is 0. The third-order valence-electron chi connectivity index (χ3n) is 5.10. The van der Waals surface area contributed by atoms with Crippen molar-refractivity contribution in [1.82, 2.24) is 0 Å². The quantitative estimate of drug-likeness (QED) is 0.457. The first-order valence-electron chi connectivity index (χ1n) is 8.95. The summed E-state index contributed by atoms with van der Waals surface area (Å²) < 4.78 is 62.8. The lowest BCUT2D eigenvalue weighted by molar-refractivity contribution is 0.213. The largest absolute Gasteiger partial charge is 0.491 e. The molecule has 0 saturated heterocycles. The van der Waals surface area contributed by atoms with Gasteiger partial charge in [-0.2, -0.15) is 4.39 Å². The predicted molar refractivity (Wildman–Crippen MR) is 94.1 cm³/mol. The number of hydrogen-bond acceptors (Lipinski definition) is 1. The van der Waals surface area contributed by atoms with Crippen molar-refractivity contribution in [2.24, 2.45) is 17.8 Å². The zero-order valence-corrected chi connectivity index (χ0v) is 14.8. The average Bonchev–Trinajstić information content (AvgIpc) is 2.63. The number of hydrogen-bond donors (Lipinski definition) is 0. The molecule has 0 amide bonds. The van der Waals surface area contributed by atoms with E-state index >= 15 is 0 Å². The van der Waals surface area contributed by atoms with Crippen LogP contribution in [0.25, 0.3) is 5.57 Å². The van der Waals surface area contributed by atoms with Crippen molar-refractivity contribution >= 4 is 5.57 Å². The lowest BCUT2D eigenvalue weighted by Gasteiger charge is -2.31. The zero-order valence-electron chi connectivity index (χ0n) is 14.8. The number of allylic oxidation sites excluding steroid dienone is 6. The summed E-state index contributed by atoms with van der Waals surface area (Å²) in [4.78, 5) is 0. The van der Waals surface area contributed by atoms with E-state index in [1.807, 2.05) is 12.2 Å². The van der Waals surface area contributed by atoms with E-state index in [0.29, 0.717) is 5.92 Å². The number of benzene rings is 1. The Morgan fingerprint density at radius 1 is 1.04 bits per heavy atom. The molecule has 0 heterocycles. The van der Waals surface area contributed by atoms with E-state index in [1.54, 1.807) is 13.0 Å². The minimum absolute atomic E-state index is 0.0911. The molecule has 0 fully saturated rings. The zero-order chi connectivity index (χ0) is 18.8. The Hall–Kier alpha value is -2.04. The first-order valence-corrected chi connectivity index (χ1v) is 8.95. The molecule has 0 aromatic heterocycles. The fraction of sp³-hybridized carbons (Fsp3) is 0.429. The third kappa shape index (κ3) is 3.44. The lowest BCUT2D eigenvalue weighted by atomic mass is 9.76. The van der Waals surface area contributed by atoms with Crippen molar-refractivity contribution in [2.75, 3.05) is 6.61 Å². The van der Waals surface area contributed by atoms with Gasteiger partial charge in [0.2, 0.25) is 5.82 Å². The van der Waals surface area contributed by atoms with Gasteiger partial charge in [0.25, 0.3) is 0 Å². The first-order chi connectivity index (χ1) is 12.4. The van der Waals surface area contributed by atoms with Crippen molar-refractivity contribution in [3.05, 3.63) is 59.5 Å². The highest BCUT2D eigenvalue weighted by molar-refractivity contribution is 5.78. The van der Waals surface area contributed by atoms with Crippen LogP contribution in [0.1, 0.15) is 32.3 Å². The Kier molecular flexibility index (Phi) is 5.54. The maximum atomic E-state index is 14.7. The van der Waals surface area contributed by atoms with Gasteiger partial charge in [0, 0.05) is 17.1 Å². The molecule has 4 atom stereocenters. The van der Waals surface area contributed by atoms with Crippen LogP contribution in [0, 0.1) is 29.4 Å². The van der Waals surface area contributed by atoms with Crippen LogP contribution in [0.4, 0.5) is 17.6 Å². The van der Waals surface area contributed by atoms with Crippen molar-refractivity contribution in [2.45, 2.75) is 32.9 Å². The smallest absolute Gasteiger partial charge is 0.201 e. The molecular weight excluding hydrogens is 344 g/mol. The standard InChI is InChI=1S/C21H22F4O/c1-3-26-17-11-10-16(20(24)21(17)25)15-9-8-14(18(22)19(15)23)13-6-4-12(2)5-7-13/h4,6,8-14,18H,3,5,7H2,1-2H3. The van der Waals surface area contributed by atoms with E-state index in [-0.39, 0.29) is 29.4 Å². The molecule has 140 valence electrons. The summed E-state index contributed by atoms with van der Waals surface area (Å²) in [5.74, 6) is -4.00. The van der Waals surface area contributed by atoms with Gasteiger partial charge in [-0.3, -0.25) is 0 Å². The molecule has 0 bridgehead atoms. The minimum Gasteiger partial charge on any atom is -0.491 e. The van der Waals surface area contributed by atoms with Gasteiger partial charge in [-0.15, -0.1) is 0 Å². The van der Waals surface area contributed by atoms with Gasteiger partial charge in [0.05, 0.1) is 6.61 Å². The van der Waals surface area contributed by atoms with Crippen LogP contribution in [0.5, 0.6) is 5.75 Å². The second kappa shape index (κ2) is 7.68. The van der Waals surface area contributed by atoms with E-state index in [4.69, 9.17) is 4.74 Å². The molecule has 1 aromatic carbocycles. The molecule has 4 unspecified atom stereocenters. The van der Waals surface area contributed by atoms with Gasteiger partial charge >= 0.3 is 0 Å². The van der Waals surface area contributed by atoms with Crippen LogP contribution in [-0.2, 0) is 0 Å². The monoisotopic (exact) mass is 366 g/mol. The number of alkyl halides is 1. The second-order valence-electron chi connectivity index (χ2n) is 6.88. The topological polar surface area (TPSA) is 9.23 Å². The summed E-state index contributed by atoms with van der Waals surface area (Å²) in [5, 5.41) is 0. The van der Waals surface area contributed by atoms with Gasteiger partial charge in [-0.1, -0.05) is 31.2 Å². The molecule has 0 radical (unpaired) electrons. The maximum absolute atomic E-state index is 14.7. The molecule has 2 aliphatic carbocycles. The van der Waals surface area contributed by atoms with Crippen LogP contribution in [-0.4, -0.2) is 12.8 Å². The van der Waals surface area contributed by atoms with Crippen molar-refractivity contribution in [3.8, 4) is 5.75 Å². The lowest BCUT2D eigenvalue weighted by Crippen LogP contribution is -2.27. The molecule has 3 rings (SSSR count). The van der Waals surface area contributed by atoms with E-state index in [0.717, 1.165) is 12.8 Å². The Morgan fingerprint density at radius 3 is 2.46 bits per heavy atom. The average molecular weight is 366 g/mol. The minimum atomic E-state index is -1.87. The molecule has 0 N–H and O–H groups in total. The SMILES string of the molecule is CCOc1ccc(C2=C(F)C(F)C(C3C=CC(C)CC3)C=C2)c(F)c1F. The summed E-state index contributed by atoms with van der Waals surface area (Å²) in [6.07, 6.45) is 6.73. The summed E-state index contributed by atoms with van der Waals surface area (Å²) in [5.41, 5.74) is -0.546. The van der Waals surface area contributed by atoms with Gasteiger partial charge in [-0.05, 0) is 43.7 Å². The van der Waals surface area contributed by atoms with Gasteiger partial charge in [0.1, 0.15) is 5.83 Å². The molecular formula is C21H22F4O. The van der Waals surface area contributed by atoms with Crippen LogP contribution in [0.3, 0.4) is 0 Å². The van der Waals surface area contributed by atoms with Crippen LogP contribution >= 0.6 is 0 Å². The normalized spacial score (nSPS) is 28.5. The van der Waals surface area contributed by atoms with Gasteiger partial charge < -0.3 is 4.74 Å². The highest BCUT2D eigenvalue weighted by atomic mass is 19.2. The third-order valence-corrected chi connectivity index (χ3v) is 5.10. The Labute approximate surface area is 151 Å². The fourth-order valence-electron chi connectivity index (χ4n) is 3.59. The van der Waals surface area contributed by atoms with Gasteiger partial charge in [0.15, 0.2) is 17.7 Å². The Bertz CT molecular complexity index is 766. The number of ether oxygens (including phenoxy) is 1. The number of halogens is 4. The number of rotatable bonds is 4. The van der Waals surface area contributed by atoms with Crippen molar-refractivity contribution < 1.29 is 22.3 Å². The molecule has 1 nitrogen and oxygen atoms in total. The van der Waals surface area contributed by atoms with E-state index in [1.165, 1.54) is 18.2 Å². The molecule has 0 saturated carbocycles. The summed E-state index contributed by atoms with van der Waals surface area (Å²) >= 11 is 0. The van der Waals surface area contributed by atoms with Crippen LogP contribution in [0.2, 0.25) is 0 Å². The first kappa shape index (κ1) is 18.7. The molecule has 26 heavy (non-hydrogen) atoms. The predicted octanol–water partition coefficient (Wildman–Crippen LogP) is 6.17. The van der Waals surface area contributed by atoms with Crippen molar-refractivity contribution in [1.29, 1.82) is 0 Å². The highest BCUT2D eigenvalue weighted by Gasteiger charge is 2.35. The second-order valence-corrected chi connectivity index (χ2v) is 6.88. The molecule has 2 aliphatic rings. The molecule has 5 heteroatoms. The van der Waals surface area contributed by atoms with Crippen LogP contribution in [0.15, 0.2) is 42.3 Å². The van der Waals surface area contributed by atoms with Gasteiger partial charge in [-0.25, -0.2) is 13.2 Å². The Morgan fingerprint density at radius 2 is 1.81 bits per heavy atom. The van der Waals surface area contributed by atoms with Crippen molar-refractivity contribution in [3.63, 3.8) is 0 Å². The fourth-order valence-corrected chi connectivity index (χ4v) is 3.59. The van der Waals surface area contributed by atoms with E-state index < -0.39 is 29.6 Å². The maximum Gasteiger partial charge on any atom is 0.201 e. The molecule has 1 aromatic rings.